The normalized spacial score (nSPS) is 32.2. The summed E-state index contributed by atoms with van der Waals surface area (Å²) >= 11 is 0. The highest BCUT2D eigenvalue weighted by atomic mass is 31.1. The first-order chi connectivity index (χ1) is 6.43. The van der Waals surface area contributed by atoms with Gasteiger partial charge in [0.2, 0.25) is 0 Å². The number of carbonyl (C=O) groups is 1. The van der Waals surface area contributed by atoms with Gasteiger partial charge in [-0.05, 0) is 13.6 Å². The second-order valence-electron chi connectivity index (χ2n) is 2.81. The molecule has 0 amide bonds. The maximum Gasteiger partial charge on any atom is 0.406 e. The lowest BCUT2D eigenvalue weighted by Gasteiger charge is -2.03. The lowest BCUT2D eigenvalue weighted by atomic mass is 10.3. The van der Waals surface area contributed by atoms with Crippen LogP contribution in [-0.2, 0) is 9.53 Å². The van der Waals surface area contributed by atoms with E-state index in [4.69, 9.17) is 0 Å². The molecule has 0 aromatic carbocycles. The Morgan fingerprint density at radius 2 is 2.14 bits per heavy atom. The molecular formula is C7H11F3NO2P. The third-order valence-corrected chi connectivity index (χ3v) is 3.00. The molecule has 0 aliphatic carbocycles. The Balaban J connectivity index is 2.60. The smallest absolute Gasteiger partial charge is 0.406 e. The number of alkyl halides is 3. The average Bonchev–Trinajstić information content (AvgIpc) is 2.77. The van der Waals surface area contributed by atoms with E-state index in [9.17, 15) is 18.0 Å². The number of nitrogens with zero attached hydrogens (tertiary/aromatic N) is 1. The Morgan fingerprint density at radius 3 is 2.43 bits per heavy atom. The van der Waals surface area contributed by atoms with Gasteiger partial charge in [0.25, 0.3) is 0 Å². The van der Waals surface area contributed by atoms with Crippen molar-refractivity contribution >= 4 is 14.7 Å². The maximum absolute atomic E-state index is 12.3. The summed E-state index contributed by atoms with van der Waals surface area (Å²) in [6.07, 6.45) is -4.33. The van der Waals surface area contributed by atoms with Crippen LogP contribution in [0, 0.1) is 0 Å². The van der Waals surface area contributed by atoms with Crippen molar-refractivity contribution in [1.82, 2.24) is 4.67 Å². The fourth-order valence-corrected chi connectivity index (χ4v) is 2.34. The Labute approximate surface area is 81.4 Å². The van der Waals surface area contributed by atoms with Crippen molar-refractivity contribution in [2.75, 3.05) is 13.3 Å². The van der Waals surface area contributed by atoms with Gasteiger partial charge in [-0.25, -0.2) is 0 Å². The Kier molecular flexibility index (Phi) is 3.37. The van der Waals surface area contributed by atoms with Crippen LogP contribution in [-0.4, -0.2) is 42.2 Å². The van der Waals surface area contributed by atoms with Gasteiger partial charge in [-0.1, -0.05) is 8.73 Å². The minimum atomic E-state index is -4.33. The van der Waals surface area contributed by atoms with Gasteiger partial charge in [0.1, 0.15) is 12.1 Å². The number of ether oxygens (including phenoxy) is 1. The molecule has 0 radical (unpaired) electrons. The highest BCUT2D eigenvalue weighted by Crippen LogP contribution is 2.48. The van der Waals surface area contributed by atoms with E-state index in [-0.39, 0.29) is 15.3 Å². The summed E-state index contributed by atoms with van der Waals surface area (Å²) in [5, 5.41) is 0. The molecule has 0 aromatic heterocycles. The van der Waals surface area contributed by atoms with Crippen LogP contribution in [0.15, 0.2) is 0 Å². The van der Waals surface area contributed by atoms with Crippen LogP contribution in [0.5, 0.6) is 0 Å². The van der Waals surface area contributed by atoms with Crippen molar-refractivity contribution in [2.45, 2.75) is 25.2 Å². The molecule has 0 spiro atoms. The van der Waals surface area contributed by atoms with Crippen molar-refractivity contribution in [3.05, 3.63) is 0 Å². The zero-order chi connectivity index (χ0) is 10.9. The lowest BCUT2D eigenvalue weighted by Crippen LogP contribution is -2.24. The highest BCUT2D eigenvalue weighted by molar-refractivity contribution is 7.34. The van der Waals surface area contributed by atoms with Crippen LogP contribution in [0.3, 0.4) is 0 Å². The summed E-state index contributed by atoms with van der Waals surface area (Å²) in [7, 11) is -0.0308. The quantitative estimate of drug-likeness (QED) is 0.416. The Bertz CT molecular complexity index is 233. The number of carbonyl (C=O) groups excluding carboxylic acids is 1. The molecular weight excluding hydrogens is 218 g/mol. The molecule has 0 N–H and O–H groups in total. The number of halogens is 3. The first kappa shape index (κ1) is 11.7. The lowest BCUT2D eigenvalue weighted by molar-refractivity contribution is -0.149. The van der Waals surface area contributed by atoms with Gasteiger partial charge in [-0.15, -0.1) is 0 Å². The van der Waals surface area contributed by atoms with Crippen molar-refractivity contribution in [3.63, 3.8) is 0 Å². The van der Waals surface area contributed by atoms with E-state index in [1.807, 2.05) is 0 Å². The van der Waals surface area contributed by atoms with Crippen molar-refractivity contribution < 1.29 is 22.7 Å². The molecule has 3 nitrogen and oxygen atoms in total. The van der Waals surface area contributed by atoms with E-state index < -0.39 is 24.2 Å². The Hall–Kier alpha value is -0.350. The Morgan fingerprint density at radius 1 is 1.57 bits per heavy atom. The van der Waals surface area contributed by atoms with E-state index in [2.05, 4.69) is 4.74 Å². The first-order valence-corrected chi connectivity index (χ1v) is 5.57. The summed E-state index contributed by atoms with van der Waals surface area (Å²) in [5.41, 5.74) is 0. The maximum atomic E-state index is 12.3. The zero-order valence-electron chi connectivity index (χ0n) is 7.76. The van der Waals surface area contributed by atoms with Crippen LogP contribution in [0.1, 0.15) is 6.92 Å². The molecule has 2 unspecified atom stereocenters. The van der Waals surface area contributed by atoms with E-state index in [1.54, 1.807) is 13.6 Å². The number of rotatable bonds is 3. The fraction of sp³-hybridized carbons (Fsp3) is 0.857. The molecule has 0 bridgehead atoms. The summed E-state index contributed by atoms with van der Waals surface area (Å²) < 4.78 is 42.5. The van der Waals surface area contributed by atoms with E-state index in [1.165, 1.54) is 0 Å². The average molecular weight is 229 g/mol. The number of hydrogen-bond donors (Lipinski definition) is 0. The molecule has 4 atom stereocenters. The van der Waals surface area contributed by atoms with Gasteiger partial charge in [-0.3, -0.25) is 9.46 Å². The predicted molar refractivity (Wildman–Crippen MR) is 46.3 cm³/mol. The van der Waals surface area contributed by atoms with Gasteiger partial charge < -0.3 is 4.74 Å². The van der Waals surface area contributed by atoms with Gasteiger partial charge in [0.15, 0.2) is 0 Å². The second-order valence-corrected chi connectivity index (χ2v) is 3.78. The molecule has 0 saturated carbocycles. The van der Waals surface area contributed by atoms with Gasteiger partial charge >= 0.3 is 12.1 Å². The van der Waals surface area contributed by atoms with Gasteiger partial charge in [-0.2, -0.15) is 13.2 Å². The summed E-state index contributed by atoms with van der Waals surface area (Å²) in [4.78, 5) is 11.1. The summed E-state index contributed by atoms with van der Waals surface area (Å²) in [6.45, 7) is 3.29. The molecule has 1 saturated heterocycles. The van der Waals surface area contributed by atoms with Gasteiger partial charge in [0, 0.05) is 0 Å². The third kappa shape index (κ3) is 2.17. The van der Waals surface area contributed by atoms with E-state index in [0.29, 0.717) is 0 Å². The molecule has 1 rings (SSSR count). The summed E-state index contributed by atoms with van der Waals surface area (Å²) in [5.74, 6) is -0.774. The van der Waals surface area contributed by atoms with Crippen molar-refractivity contribution in [1.29, 1.82) is 0 Å². The molecule has 82 valence electrons. The number of hydrogen-bond acceptors (Lipinski definition) is 3. The van der Waals surface area contributed by atoms with Crippen molar-refractivity contribution in [2.24, 2.45) is 0 Å². The van der Waals surface area contributed by atoms with Crippen LogP contribution in [0.4, 0.5) is 13.2 Å². The minimum Gasteiger partial charge on any atom is -0.465 e. The second kappa shape index (κ2) is 4.03. The van der Waals surface area contributed by atoms with Gasteiger partial charge in [0.05, 0.1) is 6.61 Å². The van der Waals surface area contributed by atoms with Crippen LogP contribution in [0.2, 0.25) is 0 Å². The molecule has 0 aromatic rings. The highest BCUT2D eigenvalue weighted by Gasteiger charge is 2.66. The third-order valence-electron chi connectivity index (χ3n) is 1.93. The van der Waals surface area contributed by atoms with E-state index in [0.717, 1.165) is 4.67 Å². The van der Waals surface area contributed by atoms with Crippen LogP contribution < -0.4 is 0 Å². The molecule has 14 heavy (non-hydrogen) atoms. The molecule has 7 heteroatoms. The standard InChI is InChI=1S/C7H11F3NO2P/c1-3-13-6(12)4-5(7(8,9)10)11(4)14-2/h4-5,14H,3H2,1-2H3/t4-,5+,11?/m1/s1. The monoisotopic (exact) mass is 229 g/mol. The fourth-order valence-electron chi connectivity index (χ4n) is 1.32. The van der Waals surface area contributed by atoms with Crippen molar-refractivity contribution in [3.8, 4) is 0 Å². The molecule has 1 aliphatic heterocycles. The van der Waals surface area contributed by atoms with E-state index >= 15 is 0 Å². The number of esters is 1. The predicted octanol–water partition coefficient (Wildman–Crippen LogP) is 1.39. The first-order valence-electron chi connectivity index (χ1n) is 4.12. The molecule has 1 aliphatic rings. The summed E-state index contributed by atoms with van der Waals surface area (Å²) in [6, 6.07) is -2.75. The zero-order valence-corrected chi connectivity index (χ0v) is 8.76. The SMILES string of the molecule is CCOC(=O)[C@H]1[C@@H](C(F)(F)F)N1PC. The largest absolute Gasteiger partial charge is 0.465 e. The van der Waals surface area contributed by atoms with Crippen LogP contribution in [0.25, 0.3) is 0 Å². The molecule has 1 fully saturated rings. The minimum absolute atomic E-state index is 0.0308. The van der Waals surface area contributed by atoms with Crippen LogP contribution >= 0.6 is 8.73 Å². The molecule has 1 heterocycles. The topological polar surface area (TPSA) is 29.3 Å².